The molecule has 1 aliphatic rings. The average molecular weight is 294 g/mol. The maximum atomic E-state index is 12.1. The molecule has 7 nitrogen and oxygen atoms in total. The monoisotopic (exact) mass is 294 g/mol. The van der Waals surface area contributed by atoms with Crippen LogP contribution in [-0.2, 0) is 9.53 Å². The predicted molar refractivity (Wildman–Crippen MR) is 73.3 cm³/mol. The Hall–Kier alpha value is -2.15. The molecule has 1 amide bonds. The molecule has 1 unspecified atom stereocenters. The van der Waals surface area contributed by atoms with Gasteiger partial charge in [-0.05, 0) is 19.9 Å². The van der Waals surface area contributed by atoms with Gasteiger partial charge in [0.05, 0.1) is 13.2 Å². The zero-order valence-electron chi connectivity index (χ0n) is 12.0. The van der Waals surface area contributed by atoms with Crippen LogP contribution in [0, 0.1) is 0 Å². The van der Waals surface area contributed by atoms with Gasteiger partial charge in [0.2, 0.25) is 5.88 Å². The number of carbonyl (C=O) groups is 2. The Kier molecular flexibility index (Phi) is 4.42. The largest absolute Gasteiger partial charge is 0.480 e. The molecule has 0 spiro atoms. The fourth-order valence-corrected chi connectivity index (χ4v) is 1.80. The fraction of sp³-hybridized carbons (Fsp3) is 0.500. The van der Waals surface area contributed by atoms with E-state index in [0.717, 1.165) is 6.42 Å². The van der Waals surface area contributed by atoms with Gasteiger partial charge < -0.3 is 19.9 Å². The highest BCUT2D eigenvalue weighted by Crippen LogP contribution is 2.16. The Morgan fingerprint density at radius 2 is 2.29 bits per heavy atom. The Labute approximate surface area is 122 Å². The molecule has 0 radical (unpaired) electrons. The van der Waals surface area contributed by atoms with E-state index < -0.39 is 17.4 Å². The van der Waals surface area contributed by atoms with E-state index in [1.165, 1.54) is 32.2 Å². The third kappa shape index (κ3) is 3.91. The molecule has 0 saturated carbocycles. The first-order valence-corrected chi connectivity index (χ1v) is 6.65. The Balaban J connectivity index is 2.05. The highest BCUT2D eigenvalue weighted by atomic mass is 16.5. The van der Waals surface area contributed by atoms with Crippen LogP contribution in [0.3, 0.4) is 0 Å². The van der Waals surface area contributed by atoms with Gasteiger partial charge in [-0.1, -0.05) is 0 Å². The molecule has 1 aromatic rings. The summed E-state index contributed by atoms with van der Waals surface area (Å²) in [6, 6.07) is 3.00. The van der Waals surface area contributed by atoms with E-state index in [9.17, 15) is 9.59 Å². The molecule has 1 fully saturated rings. The van der Waals surface area contributed by atoms with Crippen molar-refractivity contribution in [1.82, 2.24) is 10.3 Å². The van der Waals surface area contributed by atoms with Crippen LogP contribution in [0.1, 0.15) is 30.6 Å². The second-order valence-electron chi connectivity index (χ2n) is 5.37. The van der Waals surface area contributed by atoms with Crippen molar-refractivity contribution in [3.8, 4) is 5.88 Å². The van der Waals surface area contributed by atoms with Crippen molar-refractivity contribution in [1.29, 1.82) is 0 Å². The predicted octanol–water partition coefficient (Wildman–Crippen LogP) is 0.842. The van der Waals surface area contributed by atoms with Gasteiger partial charge in [-0.15, -0.1) is 0 Å². The van der Waals surface area contributed by atoms with Gasteiger partial charge in [-0.2, -0.15) is 0 Å². The maximum Gasteiger partial charge on any atom is 0.328 e. The fourth-order valence-electron chi connectivity index (χ4n) is 1.80. The van der Waals surface area contributed by atoms with Gasteiger partial charge in [0, 0.05) is 24.2 Å². The van der Waals surface area contributed by atoms with Crippen molar-refractivity contribution < 1.29 is 24.2 Å². The van der Waals surface area contributed by atoms with E-state index in [1.54, 1.807) is 0 Å². The summed E-state index contributed by atoms with van der Waals surface area (Å²) in [5, 5.41) is 11.5. The molecule has 0 aromatic carbocycles. The van der Waals surface area contributed by atoms with Gasteiger partial charge in [0.1, 0.15) is 11.6 Å². The number of hydrogen-bond donors (Lipinski definition) is 2. The molecule has 1 aliphatic heterocycles. The standard InChI is InChI=1S/C14H18N2O5/c1-14(2,13(18)19)16-12(17)9-3-5-15-11(7-9)21-10-4-6-20-8-10/h3,5,7,10H,4,6,8H2,1-2H3,(H,16,17)(H,18,19). The third-order valence-corrected chi connectivity index (χ3v) is 3.13. The van der Waals surface area contributed by atoms with E-state index >= 15 is 0 Å². The van der Waals surface area contributed by atoms with Crippen LogP contribution in [0.5, 0.6) is 5.88 Å². The van der Waals surface area contributed by atoms with Gasteiger partial charge in [0.15, 0.2) is 0 Å². The third-order valence-electron chi connectivity index (χ3n) is 3.13. The van der Waals surface area contributed by atoms with Gasteiger partial charge in [-0.3, -0.25) is 4.79 Å². The number of rotatable bonds is 5. The van der Waals surface area contributed by atoms with E-state index in [1.807, 2.05) is 0 Å². The lowest BCUT2D eigenvalue weighted by Gasteiger charge is -2.21. The summed E-state index contributed by atoms with van der Waals surface area (Å²) in [5.41, 5.74) is -1.05. The lowest BCUT2D eigenvalue weighted by molar-refractivity contribution is -0.143. The Bertz CT molecular complexity index is 538. The molecule has 1 saturated heterocycles. The molecule has 1 atom stereocenters. The van der Waals surface area contributed by atoms with Gasteiger partial charge in [0.25, 0.3) is 5.91 Å². The van der Waals surface area contributed by atoms with E-state index in [4.69, 9.17) is 14.6 Å². The summed E-state index contributed by atoms with van der Waals surface area (Å²) in [5.74, 6) is -1.27. The molecular formula is C14H18N2O5. The molecule has 0 bridgehead atoms. The lowest BCUT2D eigenvalue weighted by Crippen LogP contribution is -2.49. The van der Waals surface area contributed by atoms with Crippen LogP contribution in [0.15, 0.2) is 18.3 Å². The number of aliphatic carboxylic acids is 1. The number of nitrogens with zero attached hydrogens (tertiary/aromatic N) is 1. The highest BCUT2D eigenvalue weighted by molar-refractivity contribution is 5.97. The van der Waals surface area contributed by atoms with Crippen LogP contribution in [0.25, 0.3) is 0 Å². The second kappa shape index (κ2) is 6.09. The molecule has 114 valence electrons. The van der Waals surface area contributed by atoms with Gasteiger partial charge in [-0.25, -0.2) is 9.78 Å². The molecule has 2 N–H and O–H groups in total. The molecular weight excluding hydrogens is 276 g/mol. The summed E-state index contributed by atoms with van der Waals surface area (Å²) < 4.78 is 10.8. The molecule has 21 heavy (non-hydrogen) atoms. The number of aromatic nitrogens is 1. The minimum absolute atomic E-state index is 0.0636. The van der Waals surface area contributed by atoms with Crippen molar-refractivity contribution >= 4 is 11.9 Å². The van der Waals surface area contributed by atoms with Gasteiger partial charge >= 0.3 is 5.97 Å². The van der Waals surface area contributed by atoms with Crippen molar-refractivity contribution in [2.45, 2.75) is 31.9 Å². The van der Waals surface area contributed by atoms with Crippen LogP contribution in [0.4, 0.5) is 0 Å². The number of carbonyl (C=O) groups excluding carboxylic acids is 1. The zero-order valence-corrected chi connectivity index (χ0v) is 12.0. The zero-order chi connectivity index (χ0) is 15.5. The van der Waals surface area contributed by atoms with Crippen molar-refractivity contribution in [2.75, 3.05) is 13.2 Å². The summed E-state index contributed by atoms with van der Waals surface area (Å²) in [4.78, 5) is 27.1. The number of amides is 1. The minimum Gasteiger partial charge on any atom is -0.480 e. The summed E-state index contributed by atoms with van der Waals surface area (Å²) in [7, 11) is 0. The topological polar surface area (TPSA) is 97.8 Å². The number of nitrogens with one attached hydrogen (secondary N) is 1. The Morgan fingerprint density at radius 3 is 2.90 bits per heavy atom. The first kappa shape index (κ1) is 15.2. The summed E-state index contributed by atoms with van der Waals surface area (Å²) in [6.45, 7) is 3.99. The number of carboxylic acids is 1. The minimum atomic E-state index is -1.35. The number of pyridine rings is 1. The lowest BCUT2D eigenvalue weighted by atomic mass is 10.1. The molecule has 7 heteroatoms. The maximum absolute atomic E-state index is 12.1. The first-order chi connectivity index (χ1) is 9.88. The molecule has 1 aromatic heterocycles. The normalized spacial score (nSPS) is 18.3. The van der Waals surface area contributed by atoms with E-state index in [2.05, 4.69) is 10.3 Å². The number of carboxylic acid groups (broad SMARTS) is 1. The molecule has 2 rings (SSSR count). The van der Waals surface area contributed by atoms with Crippen molar-refractivity contribution in [2.24, 2.45) is 0 Å². The van der Waals surface area contributed by atoms with Crippen LogP contribution < -0.4 is 10.1 Å². The van der Waals surface area contributed by atoms with E-state index in [0.29, 0.717) is 24.7 Å². The van der Waals surface area contributed by atoms with Crippen LogP contribution in [-0.4, -0.2) is 46.8 Å². The van der Waals surface area contributed by atoms with E-state index in [-0.39, 0.29) is 6.10 Å². The smallest absolute Gasteiger partial charge is 0.328 e. The second-order valence-corrected chi connectivity index (χ2v) is 5.37. The summed E-state index contributed by atoms with van der Waals surface area (Å²) in [6.07, 6.45) is 2.17. The molecule has 0 aliphatic carbocycles. The number of ether oxygens (including phenoxy) is 2. The van der Waals surface area contributed by atoms with Crippen molar-refractivity contribution in [3.63, 3.8) is 0 Å². The van der Waals surface area contributed by atoms with Crippen LogP contribution in [0.2, 0.25) is 0 Å². The first-order valence-electron chi connectivity index (χ1n) is 6.65. The molecule has 2 heterocycles. The van der Waals surface area contributed by atoms with Crippen molar-refractivity contribution in [3.05, 3.63) is 23.9 Å². The quantitative estimate of drug-likeness (QED) is 0.835. The number of hydrogen-bond acceptors (Lipinski definition) is 5. The Morgan fingerprint density at radius 1 is 1.52 bits per heavy atom. The average Bonchev–Trinajstić information content (AvgIpc) is 2.91. The SMILES string of the molecule is CC(C)(NC(=O)c1ccnc(OC2CCOC2)c1)C(=O)O. The summed E-state index contributed by atoms with van der Waals surface area (Å²) >= 11 is 0. The highest BCUT2D eigenvalue weighted by Gasteiger charge is 2.29. The van der Waals surface area contributed by atoms with Crippen LogP contribution >= 0.6 is 0 Å².